The van der Waals surface area contributed by atoms with Crippen molar-refractivity contribution in [3.8, 4) is 0 Å². The zero-order chi connectivity index (χ0) is 14.8. The fourth-order valence-electron chi connectivity index (χ4n) is 2.42. The zero-order valence-electron chi connectivity index (χ0n) is 11.4. The third-order valence-electron chi connectivity index (χ3n) is 3.44. The van der Waals surface area contributed by atoms with Crippen molar-refractivity contribution >= 4 is 0 Å². The molecular formula is C14H15NO6. The van der Waals surface area contributed by atoms with E-state index in [-0.39, 0.29) is 12.3 Å². The summed E-state index contributed by atoms with van der Waals surface area (Å²) in [4.78, 5) is 10.8. The lowest BCUT2D eigenvalue weighted by molar-refractivity contribution is -0.455. The Morgan fingerprint density at radius 2 is 2.05 bits per heavy atom. The molecule has 0 unspecified atom stereocenters. The highest BCUT2D eigenvalue weighted by atomic mass is 16.7. The van der Waals surface area contributed by atoms with Crippen LogP contribution in [0.5, 0.6) is 0 Å². The van der Waals surface area contributed by atoms with E-state index in [1.54, 1.807) is 0 Å². The lowest BCUT2D eigenvalue weighted by atomic mass is 10.1. The first-order chi connectivity index (χ1) is 10.2. The molecule has 4 atom stereocenters. The van der Waals surface area contributed by atoms with Gasteiger partial charge in [0.1, 0.15) is 6.10 Å². The highest BCUT2D eigenvalue weighted by molar-refractivity contribution is 5.18. The number of ether oxygens (including phenoxy) is 4. The molecule has 7 heteroatoms. The van der Waals surface area contributed by atoms with Crippen molar-refractivity contribution < 1.29 is 23.9 Å². The molecule has 0 aliphatic carbocycles. The van der Waals surface area contributed by atoms with E-state index in [0.717, 1.165) is 5.56 Å². The van der Waals surface area contributed by atoms with E-state index >= 15 is 0 Å². The van der Waals surface area contributed by atoms with Crippen molar-refractivity contribution in [1.29, 1.82) is 0 Å². The predicted octanol–water partition coefficient (Wildman–Crippen LogP) is 1.63. The predicted molar refractivity (Wildman–Crippen MR) is 70.8 cm³/mol. The van der Waals surface area contributed by atoms with Gasteiger partial charge in [-0.15, -0.1) is 0 Å². The number of hydrogen-bond donors (Lipinski definition) is 0. The van der Waals surface area contributed by atoms with E-state index in [1.165, 1.54) is 13.2 Å². The first-order valence-corrected chi connectivity index (χ1v) is 6.55. The molecule has 0 aromatic heterocycles. The van der Waals surface area contributed by atoms with Crippen LogP contribution in [-0.2, 0) is 18.9 Å². The lowest BCUT2D eigenvalue weighted by Crippen LogP contribution is -2.49. The maximum atomic E-state index is 11.2. The molecule has 0 spiro atoms. The summed E-state index contributed by atoms with van der Waals surface area (Å²) < 4.78 is 21.9. The topological polar surface area (TPSA) is 80.1 Å². The molecule has 112 valence electrons. The molecule has 21 heavy (non-hydrogen) atoms. The smallest absolute Gasteiger partial charge is 0.278 e. The van der Waals surface area contributed by atoms with Gasteiger partial charge in [-0.05, 0) is 0 Å². The number of benzene rings is 1. The molecule has 0 bridgehead atoms. The Hall–Kier alpha value is -1.80. The molecule has 2 aliphatic heterocycles. The van der Waals surface area contributed by atoms with Gasteiger partial charge in [-0.3, -0.25) is 10.1 Å². The molecule has 0 radical (unpaired) electrons. The third kappa shape index (κ3) is 2.81. The maximum absolute atomic E-state index is 11.2. The Morgan fingerprint density at radius 1 is 1.29 bits per heavy atom. The Labute approximate surface area is 121 Å². The zero-order valence-corrected chi connectivity index (χ0v) is 11.4. The molecule has 2 aliphatic rings. The van der Waals surface area contributed by atoms with E-state index in [4.69, 9.17) is 18.9 Å². The number of hydrogen-bond acceptors (Lipinski definition) is 6. The normalized spacial score (nSPS) is 32.1. The Bertz CT molecular complexity index is 546. The summed E-state index contributed by atoms with van der Waals surface area (Å²) in [5.41, 5.74) is 0.759. The summed E-state index contributed by atoms with van der Waals surface area (Å²) in [7, 11) is 1.43. The van der Waals surface area contributed by atoms with Crippen molar-refractivity contribution in [2.75, 3.05) is 13.7 Å². The lowest BCUT2D eigenvalue weighted by Gasteiger charge is -2.38. The van der Waals surface area contributed by atoms with Crippen LogP contribution in [0.4, 0.5) is 0 Å². The highest BCUT2D eigenvalue weighted by Crippen LogP contribution is 2.34. The molecule has 1 aromatic carbocycles. The molecule has 1 saturated heterocycles. The van der Waals surface area contributed by atoms with Crippen molar-refractivity contribution in [1.82, 2.24) is 0 Å². The SMILES string of the molecule is CO[C@@H]1C=C([N+](=O)[O-])[C@@H]2O[C@H](c3ccccc3)OC[C@H]2O1. The van der Waals surface area contributed by atoms with Crippen LogP contribution in [0.1, 0.15) is 11.9 Å². The number of nitrogens with zero attached hydrogens (tertiary/aromatic N) is 1. The standard InChI is InChI=1S/C14H15NO6/c1-18-12-7-10(15(16)17)13-11(20-12)8-19-14(21-13)9-5-3-2-4-6-9/h2-7,11-14H,8H2,1H3/t11-,12+,13+,14-/m1/s1. The molecule has 1 aromatic rings. The Morgan fingerprint density at radius 3 is 2.71 bits per heavy atom. The molecule has 0 N–H and O–H groups in total. The molecule has 3 rings (SSSR count). The molecule has 0 saturated carbocycles. The summed E-state index contributed by atoms with van der Waals surface area (Å²) in [5, 5.41) is 11.2. The van der Waals surface area contributed by atoms with Crippen molar-refractivity contribution in [2.45, 2.75) is 24.8 Å². The van der Waals surface area contributed by atoms with Gasteiger partial charge < -0.3 is 18.9 Å². The number of rotatable bonds is 3. The summed E-state index contributed by atoms with van der Waals surface area (Å²) >= 11 is 0. The van der Waals surface area contributed by atoms with Crippen LogP contribution in [0.15, 0.2) is 42.1 Å². The van der Waals surface area contributed by atoms with E-state index in [0.29, 0.717) is 0 Å². The minimum absolute atomic E-state index is 0.0534. The quantitative estimate of drug-likeness (QED) is 0.622. The minimum Gasteiger partial charge on any atom is -0.352 e. The van der Waals surface area contributed by atoms with Gasteiger partial charge in [-0.2, -0.15) is 0 Å². The summed E-state index contributed by atoms with van der Waals surface area (Å²) in [6.07, 6.45) is -1.40. The maximum Gasteiger partial charge on any atom is 0.278 e. The fourth-order valence-corrected chi connectivity index (χ4v) is 2.42. The highest BCUT2D eigenvalue weighted by Gasteiger charge is 2.45. The first kappa shape index (κ1) is 14.2. The molecule has 2 heterocycles. The second kappa shape index (κ2) is 5.90. The van der Waals surface area contributed by atoms with Gasteiger partial charge in [0.15, 0.2) is 18.7 Å². The monoisotopic (exact) mass is 293 g/mol. The van der Waals surface area contributed by atoms with Crippen molar-refractivity contribution in [2.24, 2.45) is 0 Å². The molecular weight excluding hydrogens is 278 g/mol. The van der Waals surface area contributed by atoms with Gasteiger partial charge in [0, 0.05) is 18.7 Å². The van der Waals surface area contributed by atoms with Gasteiger partial charge in [-0.25, -0.2) is 0 Å². The molecule has 1 fully saturated rings. The fraction of sp³-hybridized carbons (Fsp3) is 0.429. The minimum atomic E-state index is -0.773. The van der Waals surface area contributed by atoms with E-state index < -0.39 is 29.7 Å². The molecule has 7 nitrogen and oxygen atoms in total. The number of nitro groups is 1. The summed E-state index contributed by atoms with van der Waals surface area (Å²) in [5.74, 6) is 0. The van der Waals surface area contributed by atoms with Gasteiger partial charge in [0.25, 0.3) is 5.70 Å². The van der Waals surface area contributed by atoms with Gasteiger partial charge >= 0.3 is 0 Å². The summed E-state index contributed by atoms with van der Waals surface area (Å²) in [6.45, 7) is 0.204. The Kier molecular flexibility index (Phi) is 3.98. The van der Waals surface area contributed by atoms with E-state index in [2.05, 4.69) is 0 Å². The number of fused-ring (bicyclic) bond motifs is 1. The van der Waals surface area contributed by atoms with Crippen LogP contribution in [0.3, 0.4) is 0 Å². The average molecular weight is 293 g/mol. The second-order valence-electron chi connectivity index (χ2n) is 4.76. The summed E-state index contributed by atoms with van der Waals surface area (Å²) in [6, 6.07) is 9.29. The van der Waals surface area contributed by atoms with Gasteiger partial charge in [-0.1, -0.05) is 30.3 Å². The van der Waals surface area contributed by atoms with Crippen LogP contribution in [0.25, 0.3) is 0 Å². The van der Waals surface area contributed by atoms with E-state index in [1.807, 2.05) is 30.3 Å². The Balaban J connectivity index is 1.84. The van der Waals surface area contributed by atoms with Crippen molar-refractivity contribution in [3.63, 3.8) is 0 Å². The molecule has 0 amide bonds. The third-order valence-corrected chi connectivity index (χ3v) is 3.44. The van der Waals surface area contributed by atoms with Gasteiger partial charge in [0.05, 0.1) is 11.5 Å². The van der Waals surface area contributed by atoms with Gasteiger partial charge in [0.2, 0.25) is 0 Å². The van der Waals surface area contributed by atoms with Crippen LogP contribution in [0, 0.1) is 10.1 Å². The second-order valence-corrected chi connectivity index (χ2v) is 4.76. The first-order valence-electron chi connectivity index (χ1n) is 6.55. The van der Waals surface area contributed by atoms with Crippen LogP contribution in [-0.4, -0.2) is 37.1 Å². The largest absolute Gasteiger partial charge is 0.352 e. The number of methoxy groups -OCH3 is 1. The van der Waals surface area contributed by atoms with Crippen molar-refractivity contribution in [3.05, 3.63) is 57.8 Å². The van der Waals surface area contributed by atoms with Crippen LogP contribution < -0.4 is 0 Å². The van der Waals surface area contributed by atoms with Crippen LogP contribution >= 0.6 is 0 Å². The average Bonchev–Trinajstić information content (AvgIpc) is 2.54. The van der Waals surface area contributed by atoms with Crippen LogP contribution in [0.2, 0.25) is 0 Å². The van der Waals surface area contributed by atoms with E-state index in [9.17, 15) is 10.1 Å².